The maximum Gasteiger partial charge on any atom is 0.119 e. The molecule has 2 rings (SSSR count). The van der Waals surface area contributed by atoms with Crippen LogP contribution in [-0.2, 0) is 0 Å². The van der Waals surface area contributed by atoms with E-state index in [1.54, 1.807) is 7.11 Å². The van der Waals surface area contributed by atoms with Crippen LogP contribution in [0.1, 0.15) is 49.1 Å². The Bertz CT molecular complexity index is 389. The van der Waals surface area contributed by atoms with Gasteiger partial charge in [0.15, 0.2) is 0 Å². The Morgan fingerprint density at radius 3 is 2.67 bits per heavy atom. The van der Waals surface area contributed by atoms with Crippen molar-refractivity contribution in [3.63, 3.8) is 0 Å². The zero-order valence-corrected chi connectivity index (χ0v) is 11.8. The Labute approximate surface area is 111 Å². The van der Waals surface area contributed by atoms with E-state index in [0.29, 0.717) is 12.0 Å². The van der Waals surface area contributed by atoms with Gasteiger partial charge in [-0.3, -0.25) is 0 Å². The van der Waals surface area contributed by atoms with Crippen LogP contribution < -0.4 is 10.1 Å². The van der Waals surface area contributed by atoms with E-state index in [9.17, 15) is 0 Å². The summed E-state index contributed by atoms with van der Waals surface area (Å²) in [5.74, 6) is 1.67. The summed E-state index contributed by atoms with van der Waals surface area (Å²) in [7, 11) is 3.82. The van der Waals surface area contributed by atoms with E-state index in [2.05, 4.69) is 37.5 Å². The van der Waals surface area contributed by atoms with E-state index in [0.717, 1.165) is 5.75 Å². The van der Waals surface area contributed by atoms with Crippen molar-refractivity contribution in [1.29, 1.82) is 0 Å². The molecule has 1 saturated carbocycles. The van der Waals surface area contributed by atoms with Crippen LogP contribution in [-0.4, -0.2) is 20.2 Å². The van der Waals surface area contributed by atoms with Crippen molar-refractivity contribution < 1.29 is 4.74 Å². The van der Waals surface area contributed by atoms with E-state index in [-0.39, 0.29) is 0 Å². The zero-order valence-electron chi connectivity index (χ0n) is 11.8. The number of hydrogen-bond donors (Lipinski definition) is 1. The molecule has 1 aliphatic carbocycles. The first-order chi connectivity index (χ1) is 8.74. The standard InChI is InChI=1S/C16H25NO/c1-12-10-15(18-3)8-9-16(12)13-6-4-5-7-14(11-13)17-2/h8-10,13-14,17H,4-7,11H2,1-3H3. The van der Waals surface area contributed by atoms with E-state index < -0.39 is 0 Å². The van der Waals surface area contributed by atoms with Crippen LogP contribution in [0.15, 0.2) is 18.2 Å². The van der Waals surface area contributed by atoms with Crippen LogP contribution in [0.5, 0.6) is 5.75 Å². The molecule has 0 aliphatic heterocycles. The molecule has 2 nitrogen and oxygen atoms in total. The van der Waals surface area contributed by atoms with Crippen LogP contribution in [0.2, 0.25) is 0 Å². The lowest BCUT2D eigenvalue weighted by atomic mass is 9.87. The van der Waals surface area contributed by atoms with Gasteiger partial charge >= 0.3 is 0 Å². The Kier molecular flexibility index (Phi) is 4.65. The van der Waals surface area contributed by atoms with Gasteiger partial charge in [-0.2, -0.15) is 0 Å². The highest BCUT2D eigenvalue weighted by Gasteiger charge is 2.21. The molecule has 0 radical (unpaired) electrons. The van der Waals surface area contributed by atoms with Crippen molar-refractivity contribution in [2.75, 3.05) is 14.2 Å². The van der Waals surface area contributed by atoms with Crippen molar-refractivity contribution in [3.05, 3.63) is 29.3 Å². The maximum atomic E-state index is 5.29. The van der Waals surface area contributed by atoms with Gasteiger partial charge in [0, 0.05) is 6.04 Å². The molecule has 2 unspecified atom stereocenters. The number of aryl methyl sites for hydroxylation is 1. The summed E-state index contributed by atoms with van der Waals surface area (Å²) in [4.78, 5) is 0. The lowest BCUT2D eigenvalue weighted by Crippen LogP contribution is -2.26. The number of methoxy groups -OCH3 is 1. The molecule has 18 heavy (non-hydrogen) atoms. The number of ether oxygens (including phenoxy) is 1. The molecule has 2 atom stereocenters. The molecule has 0 bridgehead atoms. The number of benzene rings is 1. The lowest BCUT2D eigenvalue weighted by molar-refractivity contribution is 0.413. The van der Waals surface area contributed by atoms with Gasteiger partial charge in [-0.1, -0.05) is 18.9 Å². The number of hydrogen-bond acceptors (Lipinski definition) is 2. The predicted octanol–water partition coefficient (Wildman–Crippen LogP) is 3.64. The van der Waals surface area contributed by atoms with Gasteiger partial charge in [0.1, 0.15) is 5.75 Å². The Hall–Kier alpha value is -1.02. The summed E-state index contributed by atoms with van der Waals surface area (Å²) in [5.41, 5.74) is 2.88. The lowest BCUT2D eigenvalue weighted by Gasteiger charge is -2.22. The Morgan fingerprint density at radius 2 is 2.00 bits per heavy atom. The first-order valence-corrected chi connectivity index (χ1v) is 7.06. The largest absolute Gasteiger partial charge is 0.497 e. The SMILES string of the molecule is CNC1CCCCC(c2ccc(OC)cc2C)C1. The van der Waals surface area contributed by atoms with Gasteiger partial charge in [-0.25, -0.2) is 0 Å². The summed E-state index contributed by atoms with van der Waals surface area (Å²) in [5, 5.41) is 3.46. The highest BCUT2D eigenvalue weighted by molar-refractivity contribution is 5.37. The van der Waals surface area contributed by atoms with Crippen LogP contribution in [0, 0.1) is 6.92 Å². The molecule has 1 aromatic carbocycles. The summed E-state index contributed by atoms with van der Waals surface area (Å²) >= 11 is 0. The van der Waals surface area contributed by atoms with Crippen LogP contribution in [0.3, 0.4) is 0 Å². The second kappa shape index (κ2) is 6.24. The molecular formula is C16H25NO. The minimum absolute atomic E-state index is 0.680. The highest BCUT2D eigenvalue weighted by Crippen LogP contribution is 2.34. The van der Waals surface area contributed by atoms with E-state index in [4.69, 9.17) is 4.74 Å². The van der Waals surface area contributed by atoms with Crippen molar-refractivity contribution in [1.82, 2.24) is 5.32 Å². The van der Waals surface area contributed by atoms with E-state index in [1.807, 2.05) is 0 Å². The molecule has 2 heteroatoms. The average Bonchev–Trinajstić information content (AvgIpc) is 2.63. The van der Waals surface area contributed by atoms with Crippen LogP contribution >= 0.6 is 0 Å². The van der Waals surface area contributed by atoms with E-state index >= 15 is 0 Å². The fourth-order valence-corrected chi connectivity index (χ4v) is 3.14. The third-order valence-corrected chi connectivity index (χ3v) is 4.25. The second-order valence-electron chi connectivity index (χ2n) is 5.43. The van der Waals surface area contributed by atoms with Gasteiger partial charge in [0.25, 0.3) is 0 Å². The average molecular weight is 247 g/mol. The monoisotopic (exact) mass is 247 g/mol. The summed E-state index contributed by atoms with van der Waals surface area (Å²) in [6.07, 6.45) is 6.63. The smallest absolute Gasteiger partial charge is 0.119 e. The molecule has 0 saturated heterocycles. The molecule has 0 spiro atoms. The summed E-state index contributed by atoms with van der Waals surface area (Å²) < 4.78 is 5.29. The zero-order chi connectivity index (χ0) is 13.0. The molecular weight excluding hydrogens is 222 g/mol. The summed E-state index contributed by atoms with van der Waals surface area (Å²) in [6.45, 7) is 2.21. The summed E-state index contributed by atoms with van der Waals surface area (Å²) in [6, 6.07) is 7.20. The molecule has 0 amide bonds. The predicted molar refractivity (Wildman–Crippen MR) is 76.4 cm³/mol. The van der Waals surface area contributed by atoms with Gasteiger partial charge < -0.3 is 10.1 Å². The second-order valence-corrected chi connectivity index (χ2v) is 5.43. The van der Waals surface area contributed by atoms with Gasteiger partial charge in [-0.05, 0) is 62.4 Å². The van der Waals surface area contributed by atoms with Crippen molar-refractivity contribution >= 4 is 0 Å². The van der Waals surface area contributed by atoms with Gasteiger partial charge in [0.05, 0.1) is 7.11 Å². The van der Waals surface area contributed by atoms with Gasteiger partial charge in [0.2, 0.25) is 0 Å². The minimum Gasteiger partial charge on any atom is -0.497 e. The fourth-order valence-electron chi connectivity index (χ4n) is 3.14. The number of nitrogens with one attached hydrogen (secondary N) is 1. The Morgan fingerprint density at radius 1 is 1.22 bits per heavy atom. The third kappa shape index (κ3) is 3.05. The Balaban J connectivity index is 2.18. The third-order valence-electron chi connectivity index (χ3n) is 4.25. The molecule has 1 aromatic rings. The van der Waals surface area contributed by atoms with Crippen molar-refractivity contribution in [2.24, 2.45) is 0 Å². The van der Waals surface area contributed by atoms with Crippen LogP contribution in [0.25, 0.3) is 0 Å². The molecule has 100 valence electrons. The minimum atomic E-state index is 0.680. The number of rotatable bonds is 3. The highest BCUT2D eigenvalue weighted by atomic mass is 16.5. The molecule has 1 N–H and O–H groups in total. The molecule has 1 fully saturated rings. The van der Waals surface area contributed by atoms with E-state index in [1.165, 1.54) is 43.2 Å². The normalized spacial score (nSPS) is 24.6. The van der Waals surface area contributed by atoms with Crippen molar-refractivity contribution in [2.45, 2.75) is 51.0 Å². The van der Waals surface area contributed by atoms with Crippen LogP contribution in [0.4, 0.5) is 0 Å². The first-order valence-electron chi connectivity index (χ1n) is 7.06. The fraction of sp³-hybridized carbons (Fsp3) is 0.625. The molecule has 1 aliphatic rings. The van der Waals surface area contributed by atoms with Crippen molar-refractivity contribution in [3.8, 4) is 5.75 Å². The topological polar surface area (TPSA) is 21.3 Å². The quantitative estimate of drug-likeness (QED) is 0.823. The molecule has 0 aromatic heterocycles. The maximum absolute atomic E-state index is 5.29. The molecule has 0 heterocycles. The van der Waals surface area contributed by atoms with Gasteiger partial charge in [-0.15, -0.1) is 0 Å². The first kappa shape index (κ1) is 13.4.